The van der Waals surface area contributed by atoms with Crippen molar-refractivity contribution in [1.82, 2.24) is 10.2 Å². The predicted octanol–water partition coefficient (Wildman–Crippen LogP) is 4.02. The van der Waals surface area contributed by atoms with Crippen molar-refractivity contribution in [3.8, 4) is 0 Å². The molecule has 0 bridgehead atoms. The van der Waals surface area contributed by atoms with Gasteiger partial charge in [0.2, 0.25) is 0 Å². The van der Waals surface area contributed by atoms with Gasteiger partial charge in [-0.3, -0.25) is 0 Å². The maximum absolute atomic E-state index is 13.1. The van der Waals surface area contributed by atoms with Crippen LogP contribution in [-0.4, -0.2) is 30.5 Å². The highest BCUT2D eigenvalue weighted by atomic mass is 127. The fourth-order valence-electron chi connectivity index (χ4n) is 2.47. The van der Waals surface area contributed by atoms with Crippen LogP contribution in [0.15, 0.2) is 23.2 Å². The van der Waals surface area contributed by atoms with Crippen LogP contribution >= 0.6 is 24.0 Å². The third kappa shape index (κ3) is 5.50. The molecule has 0 spiro atoms. The summed E-state index contributed by atoms with van der Waals surface area (Å²) in [6, 6.07) is 2.70. The first-order chi connectivity index (χ1) is 10.4. The van der Waals surface area contributed by atoms with Crippen LogP contribution in [-0.2, 0) is 12.7 Å². The number of hydrogen-bond acceptors (Lipinski definition) is 1. The fraction of sp³-hybridized carbons (Fsp3) is 0.533. The van der Waals surface area contributed by atoms with Crippen LogP contribution in [0.1, 0.15) is 30.9 Å². The van der Waals surface area contributed by atoms with Gasteiger partial charge in [0, 0.05) is 19.6 Å². The zero-order chi connectivity index (χ0) is 16.2. The van der Waals surface area contributed by atoms with E-state index in [1.54, 1.807) is 0 Å². The molecule has 2 rings (SSSR count). The Labute approximate surface area is 150 Å². The number of alkyl halides is 3. The minimum atomic E-state index is -4.58. The predicted molar refractivity (Wildman–Crippen MR) is 92.4 cm³/mol. The molecule has 1 aromatic rings. The molecule has 1 aliphatic heterocycles. The van der Waals surface area contributed by atoms with Crippen molar-refractivity contribution in [1.29, 1.82) is 0 Å². The van der Waals surface area contributed by atoms with E-state index in [9.17, 15) is 17.6 Å². The van der Waals surface area contributed by atoms with Crippen LogP contribution in [0.25, 0.3) is 0 Å². The van der Waals surface area contributed by atoms with Gasteiger partial charge in [-0.25, -0.2) is 9.38 Å². The maximum Gasteiger partial charge on any atom is 0.416 e. The Balaban J connectivity index is 0.00000264. The van der Waals surface area contributed by atoms with E-state index in [1.807, 2.05) is 11.8 Å². The van der Waals surface area contributed by atoms with Crippen LogP contribution in [0.2, 0.25) is 0 Å². The molecule has 3 nitrogen and oxygen atoms in total. The van der Waals surface area contributed by atoms with E-state index in [0.717, 1.165) is 38.1 Å². The first-order valence-corrected chi connectivity index (χ1v) is 7.30. The van der Waals surface area contributed by atoms with Crippen molar-refractivity contribution >= 4 is 29.9 Å². The molecule has 0 atom stereocenters. The second kappa shape index (κ2) is 8.70. The summed E-state index contributed by atoms with van der Waals surface area (Å²) in [5, 5.41) is 3.08. The summed E-state index contributed by atoms with van der Waals surface area (Å²) in [6.45, 7) is 4.12. The zero-order valence-electron chi connectivity index (χ0n) is 12.8. The first kappa shape index (κ1) is 20.0. The van der Waals surface area contributed by atoms with Crippen LogP contribution < -0.4 is 5.32 Å². The van der Waals surface area contributed by atoms with Gasteiger partial charge >= 0.3 is 6.18 Å². The quantitative estimate of drug-likeness (QED) is 0.330. The number of guanidine groups is 1. The van der Waals surface area contributed by atoms with Gasteiger partial charge < -0.3 is 10.2 Å². The molecule has 1 fully saturated rings. The SMILES string of the molecule is CCNC(=NCc1ccc(F)cc1C(F)(F)F)N1CCCC1.I. The number of nitrogens with zero attached hydrogens (tertiary/aromatic N) is 2. The van der Waals surface area contributed by atoms with Gasteiger partial charge in [-0.05, 0) is 37.5 Å². The molecule has 0 saturated carbocycles. The molecule has 1 heterocycles. The third-order valence-corrected chi connectivity index (χ3v) is 3.52. The van der Waals surface area contributed by atoms with Crippen LogP contribution in [0, 0.1) is 5.82 Å². The molecule has 23 heavy (non-hydrogen) atoms. The molecule has 0 aliphatic carbocycles. The highest BCUT2D eigenvalue weighted by Gasteiger charge is 2.33. The number of halogens is 5. The van der Waals surface area contributed by atoms with E-state index in [1.165, 1.54) is 0 Å². The van der Waals surface area contributed by atoms with E-state index in [-0.39, 0.29) is 36.1 Å². The lowest BCUT2D eigenvalue weighted by atomic mass is 10.1. The average Bonchev–Trinajstić information content (AvgIpc) is 2.97. The van der Waals surface area contributed by atoms with Crippen molar-refractivity contribution in [2.75, 3.05) is 19.6 Å². The normalized spacial score (nSPS) is 15.5. The lowest BCUT2D eigenvalue weighted by molar-refractivity contribution is -0.138. The molecule has 0 unspecified atom stereocenters. The first-order valence-electron chi connectivity index (χ1n) is 7.30. The van der Waals surface area contributed by atoms with Gasteiger partial charge in [0.15, 0.2) is 5.96 Å². The summed E-state index contributed by atoms with van der Waals surface area (Å²) >= 11 is 0. The van der Waals surface area contributed by atoms with Gasteiger partial charge in [0.1, 0.15) is 5.82 Å². The van der Waals surface area contributed by atoms with Crippen LogP contribution in [0.3, 0.4) is 0 Å². The Morgan fingerprint density at radius 3 is 2.48 bits per heavy atom. The number of nitrogens with one attached hydrogen (secondary N) is 1. The monoisotopic (exact) mass is 445 g/mol. The summed E-state index contributed by atoms with van der Waals surface area (Å²) < 4.78 is 52.0. The van der Waals surface area contributed by atoms with Gasteiger partial charge in [-0.1, -0.05) is 6.07 Å². The Morgan fingerprint density at radius 2 is 1.91 bits per heavy atom. The number of benzene rings is 1. The topological polar surface area (TPSA) is 27.6 Å². The minimum Gasteiger partial charge on any atom is -0.357 e. The molecule has 1 N–H and O–H groups in total. The van der Waals surface area contributed by atoms with Gasteiger partial charge in [0.25, 0.3) is 0 Å². The summed E-state index contributed by atoms with van der Waals surface area (Å²) in [6.07, 6.45) is -2.48. The molecular weight excluding hydrogens is 425 g/mol. The van der Waals surface area contributed by atoms with E-state index in [2.05, 4.69) is 10.3 Å². The Bertz CT molecular complexity index is 540. The molecule has 0 amide bonds. The van der Waals surface area contributed by atoms with Crippen molar-refractivity contribution in [3.05, 3.63) is 35.1 Å². The molecule has 130 valence electrons. The second-order valence-corrected chi connectivity index (χ2v) is 5.16. The van der Waals surface area contributed by atoms with Gasteiger partial charge in [-0.2, -0.15) is 13.2 Å². The minimum absolute atomic E-state index is 0. The lowest BCUT2D eigenvalue weighted by Gasteiger charge is -2.21. The third-order valence-electron chi connectivity index (χ3n) is 3.52. The standard InChI is InChI=1S/C15H19F4N3.HI/c1-2-20-14(22-7-3-4-8-22)21-10-11-5-6-12(16)9-13(11)15(17,18)19;/h5-6,9H,2-4,7-8,10H2,1H3,(H,20,21);1H. The molecule has 1 aromatic carbocycles. The van der Waals surface area contributed by atoms with E-state index in [0.29, 0.717) is 18.6 Å². The van der Waals surface area contributed by atoms with Gasteiger partial charge in [0.05, 0.1) is 12.1 Å². The van der Waals surface area contributed by atoms with E-state index < -0.39 is 17.6 Å². The number of rotatable bonds is 3. The highest BCUT2D eigenvalue weighted by molar-refractivity contribution is 14.0. The maximum atomic E-state index is 13.1. The molecule has 0 radical (unpaired) electrons. The molecule has 0 aromatic heterocycles. The van der Waals surface area contributed by atoms with Crippen LogP contribution in [0.4, 0.5) is 17.6 Å². The van der Waals surface area contributed by atoms with Crippen LogP contribution in [0.5, 0.6) is 0 Å². The van der Waals surface area contributed by atoms with Gasteiger partial charge in [-0.15, -0.1) is 24.0 Å². The zero-order valence-corrected chi connectivity index (χ0v) is 15.1. The number of hydrogen-bond donors (Lipinski definition) is 1. The molecular formula is C15H20F4IN3. The van der Waals surface area contributed by atoms with Crippen molar-refractivity contribution in [2.45, 2.75) is 32.5 Å². The Hall–Kier alpha value is -1.06. The molecule has 1 saturated heterocycles. The van der Waals surface area contributed by atoms with E-state index >= 15 is 0 Å². The molecule has 1 aliphatic rings. The highest BCUT2D eigenvalue weighted by Crippen LogP contribution is 2.32. The Kier molecular flexibility index (Phi) is 7.56. The number of likely N-dealkylation sites (tertiary alicyclic amines) is 1. The Morgan fingerprint density at radius 1 is 1.26 bits per heavy atom. The summed E-state index contributed by atoms with van der Waals surface area (Å²) in [5.74, 6) is -0.288. The van der Waals surface area contributed by atoms with E-state index in [4.69, 9.17) is 0 Å². The van der Waals surface area contributed by atoms with Crippen molar-refractivity contribution in [3.63, 3.8) is 0 Å². The summed E-state index contributed by atoms with van der Waals surface area (Å²) in [7, 11) is 0. The summed E-state index contributed by atoms with van der Waals surface area (Å²) in [4.78, 5) is 6.31. The second-order valence-electron chi connectivity index (χ2n) is 5.16. The summed E-state index contributed by atoms with van der Waals surface area (Å²) in [5.41, 5.74) is -0.989. The molecule has 8 heteroatoms. The largest absolute Gasteiger partial charge is 0.416 e. The lowest BCUT2D eigenvalue weighted by Crippen LogP contribution is -2.39. The van der Waals surface area contributed by atoms with Crippen molar-refractivity contribution in [2.24, 2.45) is 4.99 Å². The fourth-order valence-corrected chi connectivity index (χ4v) is 2.47. The average molecular weight is 445 g/mol. The van der Waals surface area contributed by atoms with Crippen molar-refractivity contribution < 1.29 is 17.6 Å². The number of aliphatic imine (C=N–C) groups is 1. The smallest absolute Gasteiger partial charge is 0.357 e.